The second-order valence-electron chi connectivity index (χ2n) is 5.46. The Kier molecular flexibility index (Phi) is 3.02. The van der Waals surface area contributed by atoms with Gasteiger partial charge in [0.2, 0.25) is 0 Å². The van der Waals surface area contributed by atoms with Gasteiger partial charge in [-0.25, -0.2) is 8.78 Å². The summed E-state index contributed by atoms with van der Waals surface area (Å²) in [6, 6.07) is 3.04. The predicted molar refractivity (Wildman–Crippen MR) is 61.8 cm³/mol. The summed E-state index contributed by atoms with van der Waals surface area (Å²) in [5.41, 5.74) is 0.0855. The van der Waals surface area contributed by atoms with Crippen LogP contribution in [-0.2, 0) is 0 Å². The maximum Gasteiger partial charge on any atom is 0.166 e. The maximum atomic E-state index is 13.1. The van der Waals surface area contributed by atoms with E-state index in [-0.39, 0.29) is 22.7 Å². The van der Waals surface area contributed by atoms with E-state index in [1.807, 2.05) is 13.8 Å². The Morgan fingerprint density at radius 2 is 1.82 bits per heavy atom. The molecule has 1 saturated carbocycles. The molecule has 92 valence electrons. The standard InChI is InChI=1S/C14H16F2O/c1-14(2)5-3-4-12(14)13(17)9-6-10(15)8-11(16)7-9/h6-8,12H,3-5H2,1-2H3. The van der Waals surface area contributed by atoms with E-state index in [0.29, 0.717) is 0 Å². The first-order chi connectivity index (χ1) is 7.90. The number of carbonyl (C=O) groups excluding carboxylic acids is 1. The van der Waals surface area contributed by atoms with Crippen LogP contribution in [0.5, 0.6) is 0 Å². The molecule has 0 radical (unpaired) electrons. The summed E-state index contributed by atoms with van der Waals surface area (Å²) < 4.78 is 26.2. The van der Waals surface area contributed by atoms with Crippen molar-refractivity contribution >= 4 is 5.78 Å². The molecule has 0 saturated heterocycles. The van der Waals surface area contributed by atoms with Crippen molar-refractivity contribution in [3.8, 4) is 0 Å². The lowest BCUT2D eigenvalue weighted by Gasteiger charge is -2.25. The molecule has 1 aromatic carbocycles. The van der Waals surface area contributed by atoms with Gasteiger partial charge in [0.1, 0.15) is 11.6 Å². The molecule has 0 aliphatic heterocycles. The van der Waals surface area contributed by atoms with Crippen LogP contribution < -0.4 is 0 Å². The number of carbonyl (C=O) groups is 1. The highest BCUT2D eigenvalue weighted by Gasteiger charge is 2.39. The number of hydrogen-bond acceptors (Lipinski definition) is 1. The van der Waals surface area contributed by atoms with Crippen molar-refractivity contribution in [2.75, 3.05) is 0 Å². The largest absolute Gasteiger partial charge is 0.294 e. The number of ketones is 1. The summed E-state index contributed by atoms with van der Waals surface area (Å²) in [5, 5.41) is 0. The topological polar surface area (TPSA) is 17.1 Å². The van der Waals surface area contributed by atoms with Crippen molar-refractivity contribution in [2.24, 2.45) is 11.3 Å². The van der Waals surface area contributed by atoms with Crippen molar-refractivity contribution in [1.29, 1.82) is 0 Å². The summed E-state index contributed by atoms with van der Waals surface area (Å²) in [7, 11) is 0. The second kappa shape index (κ2) is 4.21. The smallest absolute Gasteiger partial charge is 0.166 e. The van der Waals surface area contributed by atoms with Gasteiger partial charge in [0.15, 0.2) is 5.78 Å². The van der Waals surface area contributed by atoms with Gasteiger partial charge in [0, 0.05) is 17.5 Å². The molecule has 0 amide bonds. The molecule has 1 atom stereocenters. The third kappa shape index (κ3) is 2.38. The minimum absolute atomic E-state index is 0.0696. The van der Waals surface area contributed by atoms with E-state index in [4.69, 9.17) is 0 Å². The zero-order valence-electron chi connectivity index (χ0n) is 10.1. The summed E-state index contributed by atoms with van der Waals surface area (Å²) in [6.45, 7) is 4.08. The molecule has 1 nitrogen and oxygen atoms in total. The van der Waals surface area contributed by atoms with Gasteiger partial charge in [0.05, 0.1) is 0 Å². The van der Waals surface area contributed by atoms with Crippen molar-refractivity contribution in [3.05, 3.63) is 35.4 Å². The first-order valence-corrected chi connectivity index (χ1v) is 5.90. The summed E-state index contributed by atoms with van der Waals surface area (Å²) in [5.74, 6) is -1.64. The molecule has 17 heavy (non-hydrogen) atoms. The molecule has 3 heteroatoms. The third-order valence-corrected chi connectivity index (χ3v) is 3.72. The van der Waals surface area contributed by atoms with Crippen molar-refractivity contribution in [2.45, 2.75) is 33.1 Å². The molecule has 0 spiro atoms. The molecule has 0 heterocycles. The first-order valence-electron chi connectivity index (χ1n) is 5.90. The van der Waals surface area contributed by atoms with E-state index < -0.39 is 11.6 Å². The Labute approximate surface area is 99.8 Å². The summed E-state index contributed by atoms with van der Waals surface area (Å²) in [4.78, 5) is 12.2. The fourth-order valence-electron chi connectivity index (χ4n) is 2.71. The predicted octanol–water partition coefficient (Wildman–Crippen LogP) is 3.97. The SMILES string of the molecule is CC1(C)CCCC1C(=O)c1cc(F)cc(F)c1. The van der Waals surface area contributed by atoms with Gasteiger partial charge in [-0.3, -0.25) is 4.79 Å². The highest BCUT2D eigenvalue weighted by atomic mass is 19.1. The quantitative estimate of drug-likeness (QED) is 0.712. The van der Waals surface area contributed by atoms with E-state index >= 15 is 0 Å². The van der Waals surface area contributed by atoms with Crippen LogP contribution in [0.3, 0.4) is 0 Å². The van der Waals surface area contributed by atoms with Crippen LogP contribution in [0.1, 0.15) is 43.5 Å². The Bertz CT molecular complexity index is 431. The minimum atomic E-state index is -0.691. The van der Waals surface area contributed by atoms with Crippen molar-refractivity contribution in [3.63, 3.8) is 0 Å². The second-order valence-corrected chi connectivity index (χ2v) is 5.46. The number of Topliss-reactive ketones (excluding diaryl/α,β-unsaturated/α-hetero) is 1. The monoisotopic (exact) mass is 238 g/mol. The minimum Gasteiger partial charge on any atom is -0.294 e. The van der Waals surface area contributed by atoms with E-state index in [0.717, 1.165) is 37.5 Å². The Balaban J connectivity index is 2.31. The van der Waals surface area contributed by atoms with E-state index in [9.17, 15) is 13.6 Å². The molecular formula is C14H16F2O. The van der Waals surface area contributed by atoms with Crippen molar-refractivity contribution in [1.82, 2.24) is 0 Å². The molecular weight excluding hydrogens is 222 g/mol. The zero-order chi connectivity index (χ0) is 12.6. The molecule has 1 aliphatic rings. The van der Waals surface area contributed by atoms with E-state index in [2.05, 4.69) is 0 Å². The lowest BCUT2D eigenvalue weighted by atomic mass is 9.78. The van der Waals surface area contributed by atoms with Crippen LogP contribution >= 0.6 is 0 Å². The molecule has 0 N–H and O–H groups in total. The van der Waals surface area contributed by atoms with Gasteiger partial charge < -0.3 is 0 Å². The molecule has 2 rings (SSSR count). The normalized spacial score (nSPS) is 22.7. The van der Waals surface area contributed by atoms with Gasteiger partial charge in [-0.2, -0.15) is 0 Å². The molecule has 1 aliphatic carbocycles. The summed E-state index contributed by atoms with van der Waals surface area (Å²) >= 11 is 0. The lowest BCUT2D eigenvalue weighted by Crippen LogP contribution is -2.26. The highest BCUT2D eigenvalue weighted by molar-refractivity contribution is 5.98. The van der Waals surface area contributed by atoms with Crippen LogP contribution in [0.15, 0.2) is 18.2 Å². The number of halogens is 2. The van der Waals surface area contributed by atoms with Gasteiger partial charge in [0.25, 0.3) is 0 Å². The van der Waals surface area contributed by atoms with Crippen LogP contribution in [0, 0.1) is 23.0 Å². The van der Waals surface area contributed by atoms with Crippen LogP contribution in [0.2, 0.25) is 0 Å². The molecule has 0 aromatic heterocycles. The average molecular weight is 238 g/mol. The molecule has 1 fully saturated rings. The van der Waals surface area contributed by atoms with Gasteiger partial charge >= 0.3 is 0 Å². The highest BCUT2D eigenvalue weighted by Crippen LogP contribution is 2.44. The van der Waals surface area contributed by atoms with Gasteiger partial charge in [-0.05, 0) is 30.4 Å². The first kappa shape index (κ1) is 12.2. The lowest BCUT2D eigenvalue weighted by molar-refractivity contribution is 0.0838. The molecule has 1 aromatic rings. The van der Waals surface area contributed by atoms with E-state index in [1.54, 1.807) is 0 Å². The van der Waals surface area contributed by atoms with Gasteiger partial charge in [-0.15, -0.1) is 0 Å². The van der Waals surface area contributed by atoms with Crippen LogP contribution in [-0.4, -0.2) is 5.78 Å². The summed E-state index contributed by atoms with van der Waals surface area (Å²) in [6.07, 6.45) is 2.80. The Morgan fingerprint density at radius 3 is 2.29 bits per heavy atom. The Hall–Kier alpha value is -1.25. The van der Waals surface area contributed by atoms with Crippen LogP contribution in [0.25, 0.3) is 0 Å². The number of hydrogen-bond donors (Lipinski definition) is 0. The van der Waals surface area contributed by atoms with Crippen molar-refractivity contribution < 1.29 is 13.6 Å². The number of benzene rings is 1. The fourth-order valence-corrected chi connectivity index (χ4v) is 2.71. The fraction of sp³-hybridized carbons (Fsp3) is 0.500. The Morgan fingerprint density at radius 1 is 1.24 bits per heavy atom. The molecule has 0 bridgehead atoms. The van der Waals surface area contributed by atoms with Crippen LogP contribution in [0.4, 0.5) is 8.78 Å². The molecule has 1 unspecified atom stereocenters. The third-order valence-electron chi connectivity index (χ3n) is 3.72. The van der Waals surface area contributed by atoms with Gasteiger partial charge in [-0.1, -0.05) is 20.3 Å². The maximum absolute atomic E-state index is 13.1. The average Bonchev–Trinajstić information content (AvgIpc) is 2.55. The number of rotatable bonds is 2. The van der Waals surface area contributed by atoms with E-state index in [1.165, 1.54) is 0 Å². The zero-order valence-corrected chi connectivity index (χ0v) is 10.1.